The second-order valence-corrected chi connectivity index (χ2v) is 3.83. The van der Waals surface area contributed by atoms with Crippen LogP contribution < -0.4 is 16.5 Å². The fourth-order valence-corrected chi connectivity index (χ4v) is 1.56. The lowest BCUT2D eigenvalue weighted by Gasteiger charge is -2.03. The number of hydrogen-bond donors (Lipinski definition) is 3. The van der Waals surface area contributed by atoms with E-state index < -0.39 is 35.3 Å². The molecule has 0 bridgehead atoms. The van der Waals surface area contributed by atoms with Gasteiger partial charge in [0.25, 0.3) is 11.8 Å². The first-order valence-corrected chi connectivity index (χ1v) is 5.43. The lowest BCUT2D eigenvalue weighted by molar-refractivity contribution is -0.130. The van der Waals surface area contributed by atoms with Gasteiger partial charge in [-0.3, -0.25) is 29.5 Å². The van der Waals surface area contributed by atoms with Crippen LogP contribution in [0, 0.1) is 5.92 Å². The molecule has 9 heteroatoms. The predicted octanol–water partition coefficient (Wildman–Crippen LogP) is -2.07. The third kappa shape index (κ3) is 2.51. The quantitative estimate of drug-likeness (QED) is 0.329. The van der Waals surface area contributed by atoms with E-state index in [9.17, 15) is 19.2 Å². The molecular weight excluding hydrogens is 266 g/mol. The van der Waals surface area contributed by atoms with E-state index in [1.165, 1.54) is 24.5 Å². The van der Waals surface area contributed by atoms with Gasteiger partial charge in [-0.15, -0.1) is 0 Å². The van der Waals surface area contributed by atoms with Crippen LogP contribution >= 0.6 is 0 Å². The molecule has 0 unspecified atom stereocenters. The van der Waals surface area contributed by atoms with E-state index in [4.69, 9.17) is 5.73 Å². The standard InChI is InChI=1S/C11H9N5O4/c12-8(17)6-7(11(20)14-10(6)19)15-16-9(18)5-1-3-13-4-2-5/h1-4,6H,(H2,12,17)(H,16,18)(H,14,19,20)/b15-7-/t6-/m0/s1. The lowest BCUT2D eigenvalue weighted by atomic mass is 10.1. The first-order valence-electron chi connectivity index (χ1n) is 5.43. The Morgan fingerprint density at radius 3 is 2.55 bits per heavy atom. The molecule has 0 radical (unpaired) electrons. The molecule has 4 N–H and O–H groups in total. The predicted molar refractivity (Wildman–Crippen MR) is 65.0 cm³/mol. The molecule has 102 valence electrons. The highest BCUT2D eigenvalue weighted by Gasteiger charge is 2.42. The topological polar surface area (TPSA) is 144 Å². The minimum Gasteiger partial charge on any atom is -0.369 e. The summed E-state index contributed by atoms with van der Waals surface area (Å²) < 4.78 is 0. The van der Waals surface area contributed by atoms with E-state index in [0.717, 1.165) is 0 Å². The van der Waals surface area contributed by atoms with Gasteiger partial charge in [0.05, 0.1) is 0 Å². The molecule has 1 fully saturated rings. The van der Waals surface area contributed by atoms with Crippen molar-refractivity contribution in [3.63, 3.8) is 0 Å². The monoisotopic (exact) mass is 275 g/mol. The molecule has 1 saturated heterocycles. The maximum Gasteiger partial charge on any atom is 0.275 e. The Balaban J connectivity index is 2.18. The molecule has 0 saturated carbocycles. The maximum absolute atomic E-state index is 11.7. The summed E-state index contributed by atoms with van der Waals surface area (Å²) in [5.74, 6) is -4.87. The number of hydrogen-bond acceptors (Lipinski definition) is 6. The van der Waals surface area contributed by atoms with Gasteiger partial charge >= 0.3 is 0 Å². The van der Waals surface area contributed by atoms with Gasteiger partial charge in [-0.2, -0.15) is 5.10 Å². The second-order valence-electron chi connectivity index (χ2n) is 3.83. The van der Waals surface area contributed by atoms with Crippen LogP contribution in [0.5, 0.6) is 0 Å². The molecule has 9 nitrogen and oxygen atoms in total. The Morgan fingerprint density at radius 1 is 1.30 bits per heavy atom. The molecule has 1 atom stereocenters. The average Bonchev–Trinajstić information content (AvgIpc) is 2.71. The Morgan fingerprint density at radius 2 is 1.95 bits per heavy atom. The van der Waals surface area contributed by atoms with Crippen molar-refractivity contribution in [3.8, 4) is 0 Å². The molecular formula is C11H9N5O4. The number of nitrogens with one attached hydrogen (secondary N) is 2. The van der Waals surface area contributed by atoms with Crippen LogP contribution in [0.3, 0.4) is 0 Å². The molecule has 1 aromatic rings. The number of pyridine rings is 1. The number of carbonyl (C=O) groups excluding carboxylic acids is 4. The Labute approximate surface area is 112 Å². The summed E-state index contributed by atoms with van der Waals surface area (Å²) in [6, 6.07) is 2.86. The molecule has 1 aliphatic rings. The van der Waals surface area contributed by atoms with Crippen LogP contribution in [0.15, 0.2) is 29.6 Å². The van der Waals surface area contributed by atoms with Crippen LogP contribution in [0.1, 0.15) is 10.4 Å². The van der Waals surface area contributed by atoms with Crippen LogP contribution in [0.4, 0.5) is 0 Å². The number of amides is 4. The summed E-state index contributed by atoms with van der Waals surface area (Å²) in [6.45, 7) is 0. The van der Waals surface area contributed by atoms with Crippen molar-refractivity contribution < 1.29 is 19.2 Å². The van der Waals surface area contributed by atoms with Crippen LogP contribution in [-0.4, -0.2) is 34.3 Å². The number of hydrazone groups is 1. The third-order valence-electron chi connectivity index (χ3n) is 2.51. The average molecular weight is 275 g/mol. The van der Waals surface area contributed by atoms with Crippen molar-refractivity contribution >= 4 is 29.3 Å². The molecule has 1 aliphatic heterocycles. The molecule has 20 heavy (non-hydrogen) atoms. The molecule has 0 spiro atoms. The number of primary amides is 1. The number of imide groups is 1. The number of rotatable bonds is 3. The lowest BCUT2D eigenvalue weighted by Crippen LogP contribution is -2.34. The highest BCUT2D eigenvalue weighted by molar-refractivity contribution is 6.54. The van der Waals surface area contributed by atoms with Crippen molar-refractivity contribution in [2.24, 2.45) is 16.8 Å². The zero-order valence-corrected chi connectivity index (χ0v) is 9.99. The summed E-state index contributed by atoms with van der Waals surface area (Å²) >= 11 is 0. The fraction of sp³-hybridized carbons (Fsp3) is 0.0909. The number of nitrogens with zero attached hydrogens (tertiary/aromatic N) is 2. The van der Waals surface area contributed by atoms with Crippen molar-refractivity contribution in [2.45, 2.75) is 0 Å². The van der Waals surface area contributed by atoms with Gasteiger partial charge in [-0.1, -0.05) is 0 Å². The highest BCUT2D eigenvalue weighted by atomic mass is 16.2. The van der Waals surface area contributed by atoms with Crippen LogP contribution in [0.25, 0.3) is 0 Å². The van der Waals surface area contributed by atoms with E-state index in [1.807, 2.05) is 5.32 Å². The molecule has 0 aromatic carbocycles. The Hall–Kier alpha value is -3.10. The zero-order chi connectivity index (χ0) is 14.7. The number of carbonyl (C=O) groups is 4. The van der Waals surface area contributed by atoms with Gasteiger partial charge in [0.1, 0.15) is 5.71 Å². The minimum atomic E-state index is -1.50. The van der Waals surface area contributed by atoms with Crippen molar-refractivity contribution in [2.75, 3.05) is 0 Å². The fourth-order valence-electron chi connectivity index (χ4n) is 1.56. The second kappa shape index (κ2) is 5.26. The molecule has 0 aliphatic carbocycles. The number of nitrogens with two attached hydrogens (primary N) is 1. The van der Waals surface area contributed by atoms with Gasteiger partial charge in [0.2, 0.25) is 11.8 Å². The van der Waals surface area contributed by atoms with Gasteiger partial charge < -0.3 is 5.73 Å². The SMILES string of the molecule is NC(=O)[C@H]1C(=O)NC(=O)/C1=N\NC(=O)c1ccncc1. The van der Waals surface area contributed by atoms with Gasteiger partial charge in [-0.05, 0) is 12.1 Å². The van der Waals surface area contributed by atoms with E-state index in [0.29, 0.717) is 0 Å². The Bertz CT molecular complexity index is 625. The van der Waals surface area contributed by atoms with Gasteiger partial charge in [-0.25, -0.2) is 5.43 Å². The highest BCUT2D eigenvalue weighted by Crippen LogP contribution is 2.07. The largest absolute Gasteiger partial charge is 0.369 e. The molecule has 4 amide bonds. The van der Waals surface area contributed by atoms with Gasteiger partial charge in [0, 0.05) is 18.0 Å². The zero-order valence-electron chi connectivity index (χ0n) is 9.99. The molecule has 1 aromatic heterocycles. The van der Waals surface area contributed by atoms with E-state index in [2.05, 4.69) is 15.5 Å². The third-order valence-corrected chi connectivity index (χ3v) is 2.51. The maximum atomic E-state index is 11.7. The first-order chi connectivity index (χ1) is 9.50. The first kappa shape index (κ1) is 13.3. The van der Waals surface area contributed by atoms with Crippen molar-refractivity contribution in [3.05, 3.63) is 30.1 Å². The number of aromatic nitrogens is 1. The smallest absolute Gasteiger partial charge is 0.275 e. The van der Waals surface area contributed by atoms with E-state index >= 15 is 0 Å². The van der Waals surface area contributed by atoms with Crippen molar-refractivity contribution in [1.29, 1.82) is 0 Å². The summed E-state index contributed by atoms with van der Waals surface area (Å²) in [5.41, 5.74) is 6.90. The van der Waals surface area contributed by atoms with Crippen molar-refractivity contribution in [1.82, 2.24) is 15.7 Å². The van der Waals surface area contributed by atoms with Gasteiger partial charge in [0.15, 0.2) is 5.92 Å². The summed E-state index contributed by atoms with van der Waals surface area (Å²) in [7, 11) is 0. The van der Waals surface area contributed by atoms with Crippen LogP contribution in [0.2, 0.25) is 0 Å². The van der Waals surface area contributed by atoms with Crippen LogP contribution in [-0.2, 0) is 14.4 Å². The summed E-state index contributed by atoms with van der Waals surface area (Å²) in [6.07, 6.45) is 2.81. The van der Waals surface area contributed by atoms with E-state index in [-0.39, 0.29) is 5.56 Å². The van der Waals surface area contributed by atoms with E-state index in [1.54, 1.807) is 0 Å². The summed E-state index contributed by atoms with van der Waals surface area (Å²) in [5, 5.41) is 5.39. The minimum absolute atomic E-state index is 0.254. The molecule has 2 heterocycles. The normalized spacial score (nSPS) is 19.8. The Kier molecular flexibility index (Phi) is 3.51. The summed E-state index contributed by atoms with van der Waals surface area (Å²) in [4.78, 5) is 49.2. The molecule has 2 rings (SSSR count).